The van der Waals surface area contributed by atoms with Gasteiger partial charge in [0.25, 0.3) is 5.91 Å². The summed E-state index contributed by atoms with van der Waals surface area (Å²) in [6.07, 6.45) is 1.75. The summed E-state index contributed by atoms with van der Waals surface area (Å²) in [6.45, 7) is 3.97. The SMILES string of the molecule is CC(C)Nc1cc(C(N)=O)nc(-c2ccc(Oc3ccccc3-c3ccnn3C)cc2)n1. The molecule has 0 atom stereocenters. The molecule has 0 aliphatic heterocycles. The largest absolute Gasteiger partial charge is 0.457 e. The van der Waals surface area contributed by atoms with Crippen molar-refractivity contribution >= 4 is 11.7 Å². The molecule has 4 aromatic rings. The van der Waals surface area contributed by atoms with Crippen LogP contribution in [0.2, 0.25) is 0 Å². The van der Waals surface area contributed by atoms with Gasteiger partial charge in [-0.2, -0.15) is 5.10 Å². The van der Waals surface area contributed by atoms with Crippen LogP contribution in [0.5, 0.6) is 11.5 Å². The topological polar surface area (TPSA) is 108 Å². The third-order valence-corrected chi connectivity index (χ3v) is 4.74. The van der Waals surface area contributed by atoms with Crippen molar-refractivity contribution < 1.29 is 9.53 Å². The fourth-order valence-electron chi connectivity index (χ4n) is 3.28. The number of primary amides is 1. The molecule has 0 aliphatic carbocycles. The molecule has 0 saturated heterocycles. The number of aryl methyl sites for hydroxylation is 1. The maximum absolute atomic E-state index is 11.7. The predicted molar refractivity (Wildman–Crippen MR) is 123 cm³/mol. The molecule has 0 saturated carbocycles. The van der Waals surface area contributed by atoms with Crippen LogP contribution in [0, 0.1) is 0 Å². The van der Waals surface area contributed by atoms with Gasteiger partial charge in [0.05, 0.1) is 5.69 Å². The van der Waals surface area contributed by atoms with E-state index in [4.69, 9.17) is 10.5 Å². The summed E-state index contributed by atoms with van der Waals surface area (Å²) in [6, 6.07) is 18.8. The highest BCUT2D eigenvalue weighted by atomic mass is 16.5. The van der Waals surface area contributed by atoms with Crippen LogP contribution in [0.3, 0.4) is 0 Å². The van der Waals surface area contributed by atoms with Crippen LogP contribution in [0.25, 0.3) is 22.6 Å². The molecule has 2 heterocycles. The molecule has 3 N–H and O–H groups in total. The monoisotopic (exact) mass is 428 g/mol. The van der Waals surface area contributed by atoms with E-state index in [-0.39, 0.29) is 11.7 Å². The van der Waals surface area contributed by atoms with Crippen molar-refractivity contribution in [3.8, 4) is 34.1 Å². The molecule has 0 fully saturated rings. The van der Waals surface area contributed by atoms with E-state index >= 15 is 0 Å². The van der Waals surface area contributed by atoms with Gasteiger partial charge in [0.2, 0.25) is 0 Å². The fraction of sp³-hybridized carbons (Fsp3) is 0.167. The Hall–Kier alpha value is -4.20. The van der Waals surface area contributed by atoms with Crippen molar-refractivity contribution in [1.29, 1.82) is 0 Å². The molecule has 8 nitrogen and oxygen atoms in total. The molecule has 0 aliphatic rings. The minimum atomic E-state index is -0.604. The molecule has 0 spiro atoms. The number of rotatable bonds is 7. The van der Waals surface area contributed by atoms with E-state index in [1.807, 2.05) is 75.5 Å². The molecule has 2 aromatic carbocycles. The minimum Gasteiger partial charge on any atom is -0.457 e. The summed E-state index contributed by atoms with van der Waals surface area (Å²) >= 11 is 0. The molecule has 4 rings (SSSR count). The van der Waals surface area contributed by atoms with E-state index in [2.05, 4.69) is 20.4 Å². The van der Waals surface area contributed by atoms with Crippen LogP contribution >= 0.6 is 0 Å². The van der Waals surface area contributed by atoms with Crippen molar-refractivity contribution in [3.63, 3.8) is 0 Å². The standard InChI is InChI=1S/C24H24N6O2/c1-15(2)27-22-14-19(23(25)31)28-24(29-22)16-8-10-17(11-9-16)32-21-7-5-4-6-18(21)20-12-13-26-30(20)3/h4-15H,1-3H3,(H2,25,31)(H,27,28,29). The molecule has 0 radical (unpaired) electrons. The maximum Gasteiger partial charge on any atom is 0.267 e. The summed E-state index contributed by atoms with van der Waals surface area (Å²) in [5.74, 6) is 1.73. The lowest BCUT2D eigenvalue weighted by Gasteiger charge is -2.13. The highest BCUT2D eigenvalue weighted by Gasteiger charge is 2.13. The van der Waals surface area contributed by atoms with E-state index in [9.17, 15) is 4.79 Å². The first-order chi connectivity index (χ1) is 15.4. The van der Waals surface area contributed by atoms with E-state index < -0.39 is 5.91 Å². The molecule has 1 amide bonds. The van der Waals surface area contributed by atoms with Gasteiger partial charge in [-0.3, -0.25) is 9.48 Å². The fourth-order valence-corrected chi connectivity index (χ4v) is 3.28. The predicted octanol–water partition coefficient (Wildman–Crippen LogP) is 4.26. The lowest BCUT2D eigenvalue weighted by atomic mass is 10.1. The smallest absolute Gasteiger partial charge is 0.267 e. The quantitative estimate of drug-likeness (QED) is 0.455. The summed E-state index contributed by atoms with van der Waals surface area (Å²) in [4.78, 5) is 20.5. The van der Waals surface area contributed by atoms with E-state index in [1.165, 1.54) is 0 Å². The molecule has 32 heavy (non-hydrogen) atoms. The van der Waals surface area contributed by atoms with Crippen molar-refractivity contribution in [2.75, 3.05) is 5.32 Å². The van der Waals surface area contributed by atoms with Gasteiger partial charge < -0.3 is 15.8 Å². The third kappa shape index (κ3) is 4.59. The van der Waals surface area contributed by atoms with Gasteiger partial charge in [-0.1, -0.05) is 12.1 Å². The first kappa shape index (κ1) is 21.0. The Morgan fingerprint density at radius 1 is 1.06 bits per heavy atom. The highest BCUT2D eigenvalue weighted by molar-refractivity contribution is 5.92. The lowest BCUT2D eigenvalue weighted by Crippen LogP contribution is -2.17. The molecule has 162 valence electrons. The van der Waals surface area contributed by atoms with Crippen molar-refractivity contribution in [1.82, 2.24) is 19.7 Å². The van der Waals surface area contributed by atoms with Gasteiger partial charge in [0, 0.05) is 36.5 Å². The van der Waals surface area contributed by atoms with Gasteiger partial charge in [-0.05, 0) is 56.3 Å². The number of anilines is 1. The Kier molecular flexibility index (Phi) is 5.85. The van der Waals surface area contributed by atoms with Gasteiger partial charge in [-0.25, -0.2) is 9.97 Å². The van der Waals surface area contributed by atoms with E-state index in [0.29, 0.717) is 17.4 Å². The van der Waals surface area contributed by atoms with Gasteiger partial charge in [0.1, 0.15) is 23.0 Å². The molecular weight excluding hydrogens is 404 g/mol. The number of carbonyl (C=O) groups is 1. The summed E-state index contributed by atoms with van der Waals surface area (Å²) < 4.78 is 7.95. The zero-order chi connectivity index (χ0) is 22.7. The number of amides is 1. The molecule has 0 unspecified atom stereocenters. The second-order valence-corrected chi connectivity index (χ2v) is 7.59. The Balaban J connectivity index is 1.62. The molecule has 2 aromatic heterocycles. The Morgan fingerprint density at radius 3 is 2.47 bits per heavy atom. The number of ether oxygens (including phenoxy) is 1. The number of nitrogens with zero attached hydrogens (tertiary/aromatic N) is 4. The second kappa shape index (κ2) is 8.89. The molecular formula is C24H24N6O2. The van der Waals surface area contributed by atoms with Crippen molar-refractivity contribution in [2.24, 2.45) is 12.8 Å². The normalized spacial score (nSPS) is 10.9. The molecule has 8 heteroatoms. The average molecular weight is 428 g/mol. The number of nitrogens with one attached hydrogen (secondary N) is 1. The number of para-hydroxylation sites is 1. The number of hydrogen-bond acceptors (Lipinski definition) is 6. The Morgan fingerprint density at radius 2 is 1.81 bits per heavy atom. The summed E-state index contributed by atoms with van der Waals surface area (Å²) in [5.41, 5.74) is 8.25. The Bertz CT molecular complexity index is 1250. The van der Waals surface area contributed by atoms with Crippen LogP contribution < -0.4 is 15.8 Å². The van der Waals surface area contributed by atoms with Crippen LogP contribution in [-0.2, 0) is 7.05 Å². The first-order valence-electron chi connectivity index (χ1n) is 10.2. The lowest BCUT2D eigenvalue weighted by molar-refractivity contribution is 0.0995. The van der Waals surface area contributed by atoms with Crippen LogP contribution in [-0.4, -0.2) is 31.7 Å². The summed E-state index contributed by atoms with van der Waals surface area (Å²) in [5, 5.41) is 7.43. The summed E-state index contributed by atoms with van der Waals surface area (Å²) in [7, 11) is 1.89. The third-order valence-electron chi connectivity index (χ3n) is 4.74. The minimum absolute atomic E-state index is 0.147. The average Bonchev–Trinajstić information content (AvgIpc) is 3.19. The van der Waals surface area contributed by atoms with Crippen molar-refractivity contribution in [3.05, 3.63) is 72.6 Å². The zero-order valence-electron chi connectivity index (χ0n) is 18.1. The van der Waals surface area contributed by atoms with Gasteiger partial charge in [0.15, 0.2) is 5.82 Å². The number of carbonyl (C=O) groups excluding carboxylic acids is 1. The van der Waals surface area contributed by atoms with Crippen molar-refractivity contribution in [2.45, 2.75) is 19.9 Å². The van der Waals surface area contributed by atoms with E-state index in [1.54, 1.807) is 16.9 Å². The van der Waals surface area contributed by atoms with Gasteiger partial charge >= 0.3 is 0 Å². The van der Waals surface area contributed by atoms with Crippen LogP contribution in [0.4, 0.5) is 5.82 Å². The zero-order valence-corrected chi connectivity index (χ0v) is 18.1. The van der Waals surface area contributed by atoms with Crippen LogP contribution in [0.1, 0.15) is 24.3 Å². The number of aromatic nitrogens is 4. The second-order valence-electron chi connectivity index (χ2n) is 7.59. The Labute approximate surface area is 186 Å². The van der Waals surface area contributed by atoms with Gasteiger partial charge in [-0.15, -0.1) is 0 Å². The van der Waals surface area contributed by atoms with Crippen LogP contribution in [0.15, 0.2) is 66.9 Å². The number of nitrogens with two attached hydrogens (primary N) is 1. The number of hydrogen-bond donors (Lipinski definition) is 2. The van der Waals surface area contributed by atoms with E-state index in [0.717, 1.165) is 22.6 Å². The number of benzene rings is 2. The highest BCUT2D eigenvalue weighted by Crippen LogP contribution is 2.33. The maximum atomic E-state index is 11.7. The molecule has 0 bridgehead atoms. The first-order valence-corrected chi connectivity index (χ1v) is 10.2.